The van der Waals surface area contributed by atoms with Gasteiger partial charge in [-0.15, -0.1) is 5.10 Å². The van der Waals surface area contributed by atoms with Crippen LogP contribution in [-0.4, -0.2) is 29.8 Å². The number of rotatable bonds is 4. The van der Waals surface area contributed by atoms with E-state index in [4.69, 9.17) is 0 Å². The summed E-state index contributed by atoms with van der Waals surface area (Å²) in [5.74, 6) is 1.75. The van der Waals surface area contributed by atoms with Gasteiger partial charge in [0.15, 0.2) is 0 Å². The van der Waals surface area contributed by atoms with Crippen molar-refractivity contribution in [3.05, 3.63) is 17.8 Å². The monoisotopic (exact) mass is 262 g/mol. The van der Waals surface area contributed by atoms with Crippen molar-refractivity contribution in [3.8, 4) is 0 Å². The van der Waals surface area contributed by atoms with Gasteiger partial charge < -0.3 is 10.6 Å². The predicted molar refractivity (Wildman–Crippen MR) is 79.4 cm³/mol. The molecule has 1 fully saturated rings. The lowest BCUT2D eigenvalue weighted by atomic mass is 9.92. The molecule has 1 saturated heterocycles. The maximum Gasteiger partial charge on any atom is 0.148 e. The Kier molecular flexibility index (Phi) is 4.75. The van der Waals surface area contributed by atoms with Crippen molar-refractivity contribution >= 4 is 5.82 Å². The van der Waals surface area contributed by atoms with E-state index in [1.165, 1.54) is 32.4 Å². The summed E-state index contributed by atoms with van der Waals surface area (Å²) in [6.07, 6.45) is 3.83. The SMILES string of the molecule is CC(C)(C)c1ccc(NCCC2CCNCC2)nn1. The summed E-state index contributed by atoms with van der Waals surface area (Å²) in [6, 6.07) is 4.11. The van der Waals surface area contributed by atoms with E-state index in [-0.39, 0.29) is 5.41 Å². The molecule has 0 bridgehead atoms. The molecule has 2 N–H and O–H groups in total. The van der Waals surface area contributed by atoms with Crippen LogP contribution in [0, 0.1) is 5.92 Å². The quantitative estimate of drug-likeness (QED) is 0.875. The van der Waals surface area contributed by atoms with E-state index in [0.29, 0.717) is 0 Å². The Bertz CT molecular complexity index is 374. The Morgan fingerprint density at radius 3 is 2.53 bits per heavy atom. The Hall–Kier alpha value is -1.16. The minimum atomic E-state index is 0.0701. The second-order valence-electron chi connectivity index (χ2n) is 6.46. The molecule has 0 spiro atoms. The summed E-state index contributed by atoms with van der Waals surface area (Å²) in [6.45, 7) is 9.80. The standard InChI is InChI=1S/C15H26N4/c1-15(2,3)13-4-5-14(19-18-13)17-11-8-12-6-9-16-10-7-12/h4-5,12,16H,6-11H2,1-3H3,(H,17,19). The molecule has 0 amide bonds. The molecule has 2 heterocycles. The van der Waals surface area contributed by atoms with Crippen molar-refractivity contribution in [1.82, 2.24) is 15.5 Å². The fourth-order valence-electron chi connectivity index (χ4n) is 2.40. The van der Waals surface area contributed by atoms with Crippen LogP contribution in [0.5, 0.6) is 0 Å². The lowest BCUT2D eigenvalue weighted by Gasteiger charge is -2.22. The fourth-order valence-corrected chi connectivity index (χ4v) is 2.40. The van der Waals surface area contributed by atoms with Gasteiger partial charge in [-0.05, 0) is 50.4 Å². The molecule has 0 aliphatic carbocycles. The molecule has 0 atom stereocenters. The first-order chi connectivity index (χ1) is 9.05. The first-order valence-electron chi connectivity index (χ1n) is 7.34. The highest BCUT2D eigenvalue weighted by atomic mass is 15.2. The maximum atomic E-state index is 4.29. The van der Waals surface area contributed by atoms with Crippen LogP contribution in [0.3, 0.4) is 0 Å². The molecule has 0 unspecified atom stereocenters. The molecule has 0 saturated carbocycles. The third kappa shape index (κ3) is 4.46. The number of hydrogen-bond acceptors (Lipinski definition) is 4. The van der Waals surface area contributed by atoms with Crippen molar-refractivity contribution in [1.29, 1.82) is 0 Å². The molecule has 1 aromatic rings. The third-order valence-corrected chi connectivity index (χ3v) is 3.75. The average molecular weight is 262 g/mol. The molecule has 106 valence electrons. The van der Waals surface area contributed by atoms with Gasteiger partial charge in [0.05, 0.1) is 5.69 Å². The molecule has 4 nitrogen and oxygen atoms in total. The topological polar surface area (TPSA) is 49.8 Å². The molecular formula is C15H26N4. The van der Waals surface area contributed by atoms with E-state index in [1.807, 2.05) is 6.07 Å². The number of anilines is 1. The number of hydrogen-bond donors (Lipinski definition) is 2. The summed E-state index contributed by atoms with van der Waals surface area (Å²) >= 11 is 0. The van der Waals surface area contributed by atoms with Crippen molar-refractivity contribution in [2.24, 2.45) is 5.92 Å². The van der Waals surface area contributed by atoms with Crippen molar-refractivity contribution in [2.75, 3.05) is 25.0 Å². The van der Waals surface area contributed by atoms with Gasteiger partial charge >= 0.3 is 0 Å². The minimum Gasteiger partial charge on any atom is -0.369 e. The maximum absolute atomic E-state index is 4.29. The smallest absolute Gasteiger partial charge is 0.148 e. The van der Waals surface area contributed by atoms with Crippen molar-refractivity contribution in [3.63, 3.8) is 0 Å². The number of nitrogens with zero attached hydrogens (tertiary/aromatic N) is 2. The second kappa shape index (κ2) is 6.33. The third-order valence-electron chi connectivity index (χ3n) is 3.75. The van der Waals surface area contributed by atoms with Gasteiger partial charge in [-0.1, -0.05) is 20.8 Å². The van der Waals surface area contributed by atoms with Gasteiger partial charge in [-0.25, -0.2) is 0 Å². The van der Waals surface area contributed by atoms with E-state index < -0.39 is 0 Å². The van der Waals surface area contributed by atoms with E-state index in [0.717, 1.165) is 24.0 Å². The Morgan fingerprint density at radius 1 is 1.21 bits per heavy atom. The van der Waals surface area contributed by atoms with Gasteiger partial charge in [0, 0.05) is 12.0 Å². The van der Waals surface area contributed by atoms with E-state index in [2.05, 4.69) is 47.7 Å². The molecule has 1 aromatic heterocycles. The predicted octanol–water partition coefficient (Wildman–Crippen LogP) is 2.58. The molecule has 1 aliphatic heterocycles. The van der Waals surface area contributed by atoms with Crippen LogP contribution in [0.15, 0.2) is 12.1 Å². The fraction of sp³-hybridized carbons (Fsp3) is 0.733. The van der Waals surface area contributed by atoms with Crippen molar-refractivity contribution in [2.45, 2.75) is 45.4 Å². The van der Waals surface area contributed by atoms with Crippen LogP contribution in [-0.2, 0) is 5.41 Å². The van der Waals surface area contributed by atoms with Crippen LogP contribution in [0.25, 0.3) is 0 Å². The Balaban J connectivity index is 1.76. The zero-order valence-corrected chi connectivity index (χ0v) is 12.4. The van der Waals surface area contributed by atoms with Crippen molar-refractivity contribution < 1.29 is 0 Å². The molecule has 0 radical (unpaired) electrons. The lowest BCUT2D eigenvalue weighted by Crippen LogP contribution is -2.28. The van der Waals surface area contributed by atoms with E-state index >= 15 is 0 Å². The van der Waals surface area contributed by atoms with Crippen LogP contribution in [0.4, 0.5) is 5.82 Å². The van der Waals surface area contributed by atoms with Crippen LogP contribution in [0.1, 0.15) is 45.7 Å². The highest BCUT2D eigenvalue weighted by Crippen LogP contribution is 2.20. The average Bonchev–Trinajstić information content (AvgIpc) is 2.39. The summed E-state index contributed by atoms with van der Waals surface area (Å²) in [7, 11) is 0. The number of piperidine rings is 1. The lowest BCUT2D eigenvalue weighted by molar-refractivity contribution is 0.361. The Morgan fingerprint density at radius 2 is 1.95 bits per heavy atom. The van der Waals surface area contributed by atoms with E-state index in [1.54, 1.807) is 0 Å². The summed E-state index contributed by atoms with van der Waals surface area (Å²) in [5, 5.41) is 15.3. The van der Waals surface area contributed by atoms with Crippen LogP contribution in [0.2, 0.25) is 0 Å². The molecule has 2 rings (SSSR count). The minimum absolute atomic E-state index is 0.0701. The number of nitrogens with one attached hydrogen (secondary N) is 2. The molecule has 1 aliphatic rings. The summed E-state index contributed by atoms with van der Waals surface area (Å²) in [4.78, 5) is 0. The van der Waals surface area contributed by atoms with Gasteiger partial charge in [0.2, 0.25) is 0 Å². The Labute approximate surface area is 116 Å². The second-order valence-corrected chi connectivity index (χ2v) is 6.46. The van der Waals surface area contributed by atoms with Crippen LogP contribution >= 0.6 is 0 Å². The largest absolute Gasteiger partial charge is 0.369 e. The number of aromatic nitrogens is 2. The molecule has 4 heteroatoms. The van der Waals surface area contributed by atoms with Gasteiger partial charge in [-0.3, -0.25) is 0 Å². The molecular weight excluding hydrogens is 236 g/mol. The zero-order valence-electron chi connectivity index (χ0n) is 12.4. The van der Waals surface area contributed by atoms with Gasteiger partial charge in [0.1, 0.15) is 5.82 Å². The summed E-state index contributed by atoms with van der Waals surface area (Å²) < 4.78 is 0. The molecule has 0 aromatic carbocycles. The zero-order chi connectivity index (χ0) is 13.7. The first kappa shape index (κ1) is 14.3. The highest BCUT2D eigenvalue weighted by Gasteiger charge is 2.16. The van der Waals surface area contributed by atoms with E-state index in [9.17, 15) is 0 Å². The van der Waals surface area contributed by atoms with Gasteiger partial charge in [0.25, 0.3) is 0 Å². The highest BCUT2D eigenvalue weighted by molar-refractivity contribution is 5.33. The normalized spacial score (nSPS) is 17.4. The van der Waals surface area contributed by atoms with Gasteiger partial charge in [-0.2, -0.15) is 5.10 Å². The van der Waals surface area contributed by atoms with Crippen LogP contribution < -0.4 is 10.6 Å². The first-order valence-corrected chi connectivity index (χ1v) is 7.34. The molecule has 19 heavy (non-hydrogen) atoms. The summed E-state index contributed by atoms with van der Waals surface area (Å²) in [5.41, 5.74) is 1.11.